The molecular weight excluding hydrogens is 447 g/mol. The molecular formula is C19H17ClF3NO3S2. The fourth-order valence-corrected chi connectivity index (χ4v) is 5.72. The van der Waals surface area contributed by atoms with Crippen LogP contribution >= 0.6 is 35.1 Å². The van der Waals surface area contributed by atoms with Gasteiger partial charge in [-0.05, 0) is 35.9 Å². The van der Waals surface area contributed by atoms with Gasteiger partial charge in [0, 0.05) is 17.2 Å². The molecule has 2 aromatic carbocycles. The normalized spacial score (nSPS) is 14.7. The van der Waals surface area contributed by atoms with Crippen LogP contribution in [0.3, 0.4) is 0 Å². The Morgan fingerprint density at radius 1 is 1.17 bits per heavy atom. The molecule has 0 radical (unpaired) electrons. The van der Waals surface area contributed by atoms with Crippen LogP contribution in [0.4, 0.5) is 18.9 Å². The highest BCUT2D eigenvalue weighted by atomic mass is 35.5. The number of halogens is 4. The second kappa shape index (κ2) is 9.40. The van der Waals surface area contributed by atoms with E-state index in [1.807, 2.05) is 35.7 Å². The summed E-state index contributed by atoms with van der Waals surface area (Å²) in [4.78, 5) is 12.1. The number of benzene rings is 2. The molecule has 0 bridgehead atoms. The molecule has 10 heteroatoms. The van der Waals surface area contributed by atoms with Gasteiger partial charge in [0.25, 0.3) is 5.91 Å². The number of ether oxygens (including phenoxy) is 2. The average molecular weight is 464 g/mol. The summed E-state index contributed by atoms with van der Waals surface area (Å²) in [6, 6.07) is 8.68. The number of hydrogen-bond donors (Lipinski definition) is 1. The highest BCUT2D eigenvalue weighted by Crippen LogP contribution is 2.47. The number of amides is 1. The number of rotatable bonds is 6. The zero-order valence-corrected chi connectivity index (χ0v) is 17.6. The highest BCUT2D eigenvalue weighted by molar-refractivity contribution is 8.19. The quantitative estimate of drug-likeness (QED) is 0.581. The Morgan fingerprint density at radius 3 is 2.55 bits per heavy atom. The molecule has 29 heavy (non-hydrogen) atoms. The standard InChI is InChI=1S/C19H17ClF3NO3S2/c1-26-16-8-11(18-28-6-7-29-18)2-5-15(16)27-10-17(25)24-12-3-4-14(20)13(9-12)19(21,22)23/h2-5,8-9,18H,6-7,10H2,1H3,(H,24,25). The van der Waals surface area contributed by atoms with Gasteiger partial charge in [-0.2, -0.15) is 13.2 Å². The fraction of sp³-hybridized carbons (Fsp3) is 0.316. The van der Waals surface area contributed by atoms with E-state index < -0.39 is 22.7 Å². The maximum Gasteiger partial charge on any atom is 0.417 e. The van der Waals surface area contributed by atoms with Gasteiger partial charge in [0.2, 0.25) is 0 Å². The van der Waals surface area contributed by atoms with E-state index in [9.17, 15) is 18.0 Å². The largest absolute Gasteiger partial charge is 0.493 e. The zero-order chi connectivity index (χ0) is 21.0. The molecule has 1 heterocycles. The second-order valence-electron chi connectivity index (χ2n) is 6.01. The number of methoxy groups -OCH3 is 1. The van der Waals surface area contributed by atoms with Crippen LogP contribution in [0.1, 0.15) is 15.7 Å². The van der Waals surface area contributed by atoms with Gasteiger partial charge in [-0.1, -0.05) is 17.7 Å². The van der Waals surface area contributed by atoms with Gasteiger partial charge in [0.15, 0.2) is 18.1 Å². The first-order valence-corrected chi connectivity index (χ1v) is 11.0. The van der Waals surface area contributed by atoms with E-state index in [-0.39, 0.29) is 12.3 Å². The van der Waals surface area contributed by atoms with Crippen LogP contribution in [-0.4, -0.2) is 31.1 Å². The monoisotopic (exact) mass is 463 g/mol. The van der Waals surface area contributed by atoms with Crippen molar-refractivity contribution in [1.29, 1.82) is 0 Å². The van der Waals surface area contributed by atoms with Crippen molar-refractivity contribution in [2.24, 2.45) is 0 Å². The fourth-order valence-electron chi connectivity index (χ4n) is 2.66. The third kappa shape index (κ3) is 5.67. The second-order valence-corrected chi connectivity index (χ2v) is 9.14. The summed E-state index contributed by atoms with van der Waals surface area (Å²) in [6.07, 6.45) is -4.61. The minimum atomic E-state index is -4.61. The zero-order valence-electron chi connectivity index (χ0n) is 15.2. The topological polar surface area (TPSA) is 47.6 Å². The van der Waals surface area contributed by atoms with Gasteiger partial charge in [0.05, 0.1) is 22.3 Å². The molecule has 0 atom stereocenters. The van der Waals surface area contributed by atoms with Gasteiger partial charge in [-0.15, -0.1) is 23.5 Å². The number of hydrogen-bond acceptors (Lipinski definition) is 5. The third-order valence-corrected chi connectivity index (χ3v) is 7.43. The molecule has 2 aromatic rings. The Hall–Kier alpha value is -1.71. The number of nitrogens with one attached hydrogen (secondary N) is 1. The van der Waals surface area contributed by atoms with E-state index in [0.29, 0.717) is 16.1 Å². The molecule has 1 saturated heterocycles. The number of carbonyl (C=O) groups is 1. The van der Waals surface area contributed by atoms with Crippen molar-refractivity contribution in [3.63, 3.8) is 0 Å². The third-order valence-electron chi connectivity index (χ3n) is 4.00. The number of thioether (sulfide) groups is 2. The van der Waals surface area contributed by atoms with Crippen LogP contribution in [0.15, 0.2) is 36.4 Å². The van der Waals surface area contributed by atoms with Crippen molar-refractivity contribution in [2.75, 3.05) is 30.5 Å². The summed E-state index contributed by atoms with van der Waals surface area (Å²) in [5.74, 6) is 2.46. The Labute approximate surface area is 179 Å². The number of anilines is 1. The summed E-state index contributed by atoms with van der Waals surface area (Å²) in [6.45, 7) is -0.382. The van der Waals surface area contributed by atoms with Crippen LogP contribution < -0.4 is 14.8 Å². The molecule has 0 aliphatic carbocycles. The minimum absolute atomic E-state index is 0.0204. The smallest absolute Gasteiger partial charge is 0.417 e. The summed E-state index contributed by atoms with van der Waals surface area (Å²) in [7, 11) is 1.51. The minimum Gasteiger partial charge on any atom is -0.493 e. The number of carbonyl (C=O) groups excluding carboxylic acids is 1. The molecule has 0 aromatic heterocycles. The Balaban J connectivity index is 1.63. The summed E-state index contributed by atoms with van der Waals surface area (Å²) < 4.78 is 50.0. The van der Waals surface area contributed by atoms with Crippen LogP contribution in [0.2, 0.25) is 5.02 Å². The molecule has 4 nitrogen and oxygen atoms in total. The van der Waals surface area contributed by atoms with Gasteiger partial charge < -0.3 is 14.8 Å². The predicted molar refractivity (Wildman–Crippen MR) is 111 cm³/mol. The van der Waals surface area contributed by atoms with Crippen molar-refractivity contribution in [3.8, 4) is 11.5 Å². The molecule has 3 rings (SSSR count). The molecule has 0 spiro atoms. The van der Waals surface area contributed by atoms with E-state index in [1.54, 1.807) is 6.07 Å². The van der Waals surface area contributed by atoms with E-state index >= 15 is 0 Å². The van der Waals surface area contributed by atoms with Crippen LogP contribution in [0, 0.1) is 0 Å². The van der Waals surface area contributed by atoms with Crippen molar-refractivity contribution in [3.05, 3.63) is 52.5 Å². The Bertz CT molecular complexity index is 889. The average Bonchev–Trinajstić information content (AvgIpc) is 3.21. The van der Waals surface area contributed by atoms with Gasteiger partial charge in [-0.25, -0.2) is 0 Å². The molecule has 1 aliphatic rings. The Morgan fingerprint density at radius 2 is 1.90 bits per heavy atom. The first-order chi connectivity index (χ1) is 13.8. The van der Waals surface area contributed by atoms with Crippen LogP contribution in [0.25, 0.3) is 0 Å². The summed E-state index contributed by atoms with van der Waals surface area (Å²) >= 11 is 9.29. The lowest BCUT2D eigenvalue weighted by molar-refractivity contribution is -0.137. The van der Waals surface area contributed by atoms with Gasteiger partial charge in [-0.3, -0.25) is 4.79 Å². The molecule has 0 unspecified atom stereocenters. The lowest BCUT2D eigenvalue weighted by Gasteiger charge is -2.15. The molecule has 1 N–H and O–H groups in total. The molecule has 156 valence electrons. The van der Waals surface area contributed by atoms with Crippen LogP contribution in [0.5, 0.6) is 11.5 Å². The van der Waals surface area contributed by atoms with Gasteiger partial charge >= 0.3 is 6.18 Å². The molecule has 0 saturated carbocycles. The first-order valence-electron chi connectivity index (χ1n) is 8.48. The number of alkyl halides is 3. The van der Waals surface area contributed by atoms with Crippen molar-refractivity contribution in [1.82, 2.24) is 0 Å². The summed E-state index contributed by atoms with van der Waals surface area (Å²) in [5, 5.41) is 1.94. The van der Waals surface area contributed by atoms with E-state index in [1.165, 1.54) is 13.2 Å². The van der Waals surface area contributed by atoms with E-state index in [4.69, 9.17) is 21.1 Å². The Kier molecular flexibility index (Phi) is 7.13. The van der Waals surface area contributed by atoms with Crippen molar-refractivity contribution >= 4 is 46.7 Å². The van der Waals surface area contributed by atoms with Crippen molar-refractivity contribution < 1.29 is 27.4 Å². The SMILES string of the molecule is COc1cc(C2SCCS2)ccc1OCC(=O)Nc1ccc(Cl)c(C(F)(F)F)c1. The van der Waals surface area contributed by atoms with Crippen molar-refractivity contribution in [2.45, 2.75) is 10.8 Å². The molecule has 1 aliphatic heterocycles. The predicted octanol–water partition coefficient (Wildman–Crippen LogP) is 5.86. The lowest BCUT2D eigenvalue weighted by Crippen LogP contribution is -2.20. The molecule has 1 fully saturated rings. The van der Waals surface area contributed by atoms with E-state index in [2.05, 4.69) is 5.32 Å². The van der Waals surface area contributed by atoms with Gasteiger partial charge in [0.1, 0.15) is 0 Å². The van der Waals surface area contributed by atoms with E-state index in [0.717, 1.165) is 29.2 Å². The highest BCUT2D eigenvalue weighted by Gasteiger charge is 2.33. The summed E-state index contributed by atoms with van der Waals surface area (Å²) in [5.41, 5.74) is 0.0673. The first kappa shape index (κ1) is 22.0. The maximum atomic E-state index is 12.9. The maximum absolute atomic E-state index is 12.9. The molecule has 1 amide bonds. The van der Waals surface area contributed by atoms with Crippen LogP contribution in [-0.2, 0) is 11.0 Å². The lowest BCUT2D eigenvalue weighted by atomic mass is 10.2.